The zero-order valence-corrected chi connectivity index (χ0v) is 18.6. The molecule has 1 aliphatic heterocycles. The molecule has 7 nitrogen and oxygen atoms in total. The van der Waals surface area contributed by atoms with E-state index in [1.807, 2.05) is 55.5 Å². The molecule has 0 unspecified atom stereocenters. The maximum Gasteiger partial charge on any atom is 0.293 e. The highest BCUT2D eigenvalue weighted by atomic mass is 32.2. The van der Waals surface area contributed by atoms with Crippen LogP contribution in [0.3, 0.4) is 0 Å². The summed E-state index contributed by atoms with van der Waals surface area (Å²) < 4.78 is 5.87. The van der Waals surface area contributed by atoms with Gasteiger partial charge < -0.3 is 4.74 Å². The van der Waals surface area contributed by atoms with E-state index in [0.29, 0.717) is 22.8 Å². The van der Waals surface area contributed by atoms with Crippen LogP contribution in [-0.2, 0) is 17.9 Å². The first-order valence-corrected chi connectivity index (χ1v) is 11.0. The highest BCUT2D eigenvalue weighted by Crippen LogP contribution is 2.34. The minimum atomic E-state index is -0.495. The number of rotatable bonds is 7. The normalized spacial score (nSPS) is 14.7. The number of carbonyl (C=O) groups is 2. The summed E-state index contributed by atoms with van der Waals surface area (Å²) in [7, 11) is 0. The highest BCUT2D eigenvalue weighted by Gasteiger charge is 2.35. The van der Waals surface area contributed by atoms with E-state index in [2.05, 4.69) is 0 Å². The van der Waals surface area contributed by atoms with Crippen molar-refractivity contribution in [2.75, 3.05) is 0 Å². The molecular weight excluding hydrogens is 440 g/mol. The average molecular weight is 461 g/mol. The van der Waals surface area contributed by atoms with Crippen LogP contribution in [0.2, 0.25) is 0 Å². The Hall–Kier alpha value is -3.91. The van der Waals surface area contributed by atoms with Gasteiger partial charge >= 0.3 is 0 Å². The Balaban J connectivity index is 1.43. The van der Waals surface area contributed by atoms with Crippen LogP contribution in [0.4, 0.5) is 10.5 Å². The lowest BCUT2D eigenvalue weighted by Crippen LogP contribution is -2.27. The van der Waals surface area contributed by atoms with Crippen LogP contribution in [0.1, 0.15) is 22.3 Å². The summed E-state index contributed by atoms with van der Waals surface area (Å²) in [5, 5.41) is 10.4. The first-order chi connectivity index (χ1) is 15.9. The number of carbonyl (C=O) groups excluding carboxylic acids is 2. The van der Waals surface area contributed by atoms with Gasteiger partial charge in [-0.25, -0.2) is 0 Å². The van der Waals surface area contributed by atoms with Crippen LogP contribution < -0.4 is 4.74 Å². The molecule has 1 saturated heterocycles. The van der Waals surface area contributed by atoms with E-state index < -0.39 is 10.8 Å². The molecule has 1 fully saturated rings. The number of ether oxygens (including phenoxy) is 1. The third-order valence-electron chi connectivity index (χ3n) is 5.04. The molecule has 33 heavy (non-hydrogen) atoms. The predicted octanol–water partition coefficient (Wildman–Crippen LogP) is 5.72. The molecule has 4 rings (SSSR count). The Kier molecular flexibility index (Phi) is 6.55. The Labute approximate surface area is 194 Å². The minimum Gasteiger partial charge on any atom is -0.489 e. The summed E-state index contributed by atoms with van der Waals surface area (Å²) in [5.41, 5.74) is 3.58. The van der Waals surface area contributed by atoms with Crippen LogP contribution in [0.25, 0.3) is 6.08 Å². The SMILES string of the molecule is Cc1ccc(COc2cccc(/C=C3\SC(=O)N(Cc4ccc([N+](=O)[O-])cc4)C3=O)c2)cc1. The maximum atomic E-state index is 12.8. The first-order valence-electron chi connectivity index (χ1n) is 10.2. The average Bonchev–Trinajstić information content (AvgIpc) is 3.06. The quantitative estimate of drug-likeness (QED) is 0.255. The van der Waals surface area contributed by atoms with E-state index in [1.54, 1.807) is 18.2 Å². The fourth-order valence-electron chi connectivity index (χ4n) is 3.24. The number of aryl methyl sites for hydroxylation is 1. The molecule has 0 aromatic heterocycles. The van der Waals surface area contributed by atoms with Gasteiger partial charge in [0.15, 0.2) is 0 Å². The number of hydrogen-bond donors (Lipinski definition) is 0. The smallest absolute Gasteiger partial charge is 0.293 e. The van der Waals surface area contributed by atoms with Gasteiger partial charge in [0.05, 0.1) is 16.4 Å². The molecule has 3 aromatic carbocycles. The van der Waals surface area contributed by atoms with Crippen molar-refractivity contribution in [3.63, 3.8) is 0 Å². The van der Waals surface area contributed by atoms with Crippen molar-refractivity contribution in [1.82, 2.24) is 4.90 Å². The summed E-state index contributed by atoms with van der Waals surface area (Å²) >= 11 is 0.871. The molecule has 166 valence electrons. The van der Waals surface area contributed by atoms with Crippen molar-refractivity contribution >= 4 is 34.7 Å². The fourth-order valence-corrected chi connectivity index (χ4v) is 4.08. The van der Waals surface area contributed by atoms with E-state index in [0.717, 1.165) is 27.8 Å². The second-order valence-electron chi connectivity index (χ2n) is 7.54. The minimum absolute atomic E-state index is 0.0442. The Morgan fingerprint density at radius 2 is 1.70 bits per heavy atom. The summed E-state index contributed by atoms with van der Waals surface area (Å²) in [5.74, 6) is 0.267. The molecule has 2 amide bonds. The highest BCUT2D eigenvalue weighted by molar-refractivity contribution is 8.18. The van der Waals surface area contributed by atoms with Crippen molar-refractivity contribution in [1.29, 1.82) is 0 Å². The van der Waals surface area contributed by atoms with Gasteiger partial charge in [0.2, 0.25) is 0 Å². The van der Waals surface area contributed by atoms with E-state index in [4.69, 9.17) is 4.74 Å². The van der Waals surface area contributed by atoms with E-state index in [9.17, 15) is 19.7 Å². The third-order valence-corrected chi connectivity index (χ3v) is 5.95. The number of thioether (sulfide) groups is 1. The number of nitrogens with zero attached hydrogens (tertiary/aromatic N) is 2. The van der Waals surface area contributed by atoms with Gasteiger partial charge in [0.1, 0.15) is 12.4 Å². The van der Waals surface area contributed by atoms with Crippen LogP contribution in [0, 0.1) is 17.0 Å². The first kappa shape index (κ1) is 22.3. The van der Waals surface area contributed by atoms with Gasteiger partial charge in [-0.05, 0) is 53.6 Å². The zero-order chi connectivity index (χ0) is 23.4. The second-order valence-corrected chi connectivity index (χ2v) is 8.53. The topological polar surface area (TPSA) is 89.8 Å². The molecule has 1 aliphatic rings. The summed E-state index contributed by atoms with van der Waals surface area (Å²) in [6.07, 6.45) is 1.67. The van der Waals surface area contributed by atoms with Gasteiger partial charge in [-0.2, -0.15) is 0 Å². The molecule has 0 atom stereocenters. The predicted molar refractivity (Wildman–Crippen MR) is 127 cm³/mol. The number of benzene rings is 3. The number of amides is 2. The number of hydrogen-bond acceptors (Lipinski definition) is 6. The maximum absolute atomic E-state index is 12.8. The molecule has 0 bridgehead atoms. The van der Waals surface area contributed by atoms with Crippen molar-refractivity contribution in [3.05, 3.63) is 110 Å². The fraction of sp³-hybridized carbons (Fsp3) is 0.120. The van der Waals surface area contributed by atoms with Crippen molar-refractivity contribution in [2.24, 2.45) is 0 Å². The van der Waals surface area contributed by atoms with Gasteiger partial charge in [-0.15, -0.1) is 0 Å². The van der Waals surface area contributed by atoms with Crippen molar-refractivity contribution in [3.8, 4) is 5.75 Å². The molecule has 0 aliphatic carbocycles. The van der Waals surface area contributed by atoms with E-state index >= 15 is 0 Å². The van der Waals surface area contributed by atoms with Crippen LogP contribution in [0.5, 0.6) is 5.75 Å². The monoisotopic (exact) mass is 460 g/mol. The van der Waals surface area contributed by atoms with Crippen LogP contribution in [0.15, 0.2) is 77.7 Å². The molecule has 3 aromatic rings. The summed E-state index contributed by atoms with van der Waals surface area (Å²) in [6.45, 7) is 2.51. The van der Waals surface area contributed by atoms with Crippen LogP contribution in [-0.4, -0.2) is 21.0 Å². The molecule has 0 saturated carbocycles. The number of non-ortho nitro benzene ring substituents is 1. The molecule has 0 N–H and O–H groups in total. The van der Waals surface area contributed by atoms with Crippen LogP contribution >= 0.6 is 11.8 Å². The Bertz CT molecular complexity index is 1240. The zero-order valence-electron chi connectivity index (χ0n) is 17.8. The van der Waals surface area contributed by atoms with Gasteiger partial charge in [-0.3, -0.25) is 24.6 Å². The largest absolute Gasteiger partial charge is 0.489 e. The van der Waals surface area contributed by atoms with Gasteiger partial charge in [0, 0.05) is 12.1 Å². The molecule has 8 heteroatoms. The van der Waals surface area contributed by atoms with E-state index in [1.165, 1.54) is 17.7 Å². The summed E-state index contributed by atoms with van der Waals surface area (Å²) in [4.78, 5) is 37.0. The molecule has 1 heterocycles. The third kappa shape index (κ3) is 5.48. The Morgan fingerprint density at radius 3 is 2.39 bits per heavy atom. The number of imide groups is 1. The second kappa shape index (κ2) is 9.70. The lowest BCUT2D eigenvalue weighted by atomic mass is 10.1. The standard InChI is InChI=1S/C25H20N2O5S/c1-17-5-7-19(8-6-17)16-32-22-4-2-3-20(13-22)14-23-24(28)26(25(29)33-23)15-18-9-11-21(12-10-18)27(30)31/h2-14H,15-16H2,1H3/b23-14-. The number of nitro groups is 1. The Morgan fingerprint density at radius 1 is 1.00 bits per heavy atom. The lowest BCUT2D eigenvalue weighted by molar-refractivity contribution is -0.384. The number of nitro benzene ring substituents is 1. The molecule has 0 radical (unpaired) electrons. The summed E-state index contributed by atoms with van der Waals surface area (Å²) in [6, 6.07) is 21.2. The van der Waals surface area contributed by atoms with Crippen molar-refractivity contribution in [2.45, 2.75) is 20.1 Å². The molecule has 0 spiro atoms. The van der Waals surface area contributed by atoms with E-state index in [-0.39, 0.29) is 17.5 Å². The van der Waals surface area contributed by atoms with Crippen molar-refractivity contribution < 1.29 is 19.2 Å². The van der Waals surface area contributed by atoms with Gasteiger partial charge in [0.25, 0.3) is 16.8 Å². The van der Waals surface area contributed by atoms with Gasteiger partial charge in [-0.1, -0.05) is 54.1 Å². The lowest BCUT2D eigenvalue weighted by Gasteiger charge is -2.12. The molecular formula is C25H20N2O5S.